The highest BCUT2D eigenvalue weighted by atomic mass is 15.1. The highest BCUT2D eigenvalue weighted by Crippen LogP contribution is 2.33. The quantitative estimate of drug-likeness (QED) is 0.890. The van der Waals surface area contributed by atoms with Crippen LogP contribution in [-0.4, -0.2) is 26.1 Å². The van der Waals surface area contributed by atoms with E-state index in [2.05, 4.69) is 54.2 Å². The van der Waals surface area contributed by atoms with Crippen molar-refractivity contribution in [3.8, 4) is 0 Å². The highest BCUT2D eigenvalue weighted by Gasteiger charge is 2.16. The minimum Gasteiger partial charge on any atom is -0.386 e. The Balaban J connectivity index is 2.77. The van der Waals surface area contributed by atoms with Gasteiger partial charge in [-0.25, -0.2) is 4.98 Å². The van der Waals surface area contributed by atoms with Crippen molar-refractivity contribution in [2.45, 2.75) is 26.2 Å². The molecular weight excluding hydrogens is 234 g/mol. The van der Waals surface area contributed by atoms with Crippen LogP contribution < -0.4 is 10.2 Å². The van der Waals surface area contributed by atoms with E-state index in [-0.39, 0.29) is 5.41 Å². The number of rotatable bonds is 2. The zero-order valence-corrected chi connectivity index (χ0v) is 12.7. The molecule has 1 N–H and O–H groups in total. The summed E-state index contributed by atoms with van der Waals surface area (Å²) in [6.45, 7) is 6.70. The summed E-state index contributed by atoms with van der Waals surface area (Å²) in [6.07, 6.45) is 1.90. The van der Waals surface area contributed by atoms with Gasteiger partial charge in [0.1, 0.15) is 5.82 Å². The van der Waals surface area contributed by atoms with E-state index in [1.54, 1.807) is 0 Å². The third kappa shape index (κ3) is 2.50. The third-order valence-electron chi connectivity index (χ3n) is 3.43. The zero-order chi connectivity index (χ0) is 14.2. The van der Waals surface area contributed by atoms with Crippen molar-refractivity contribution in [3.63, 3.8) is 0 Å². The maximum absolute atomic E-state index is 4.56. The number of nitrogens with one attached hydrogen (secondary N) is 1. The van der Waals surface area contributed by atoms with Crippen LogP contribution >= 0.6 is 0 Å². The van der Waals surface area contributed by atoms with Crippen molar-refractivity contribution in [2.75, 3.05) is 31.4 Å². The largest absolute Gasteiger partial charge is 0.386 e. The first-order chi connectivity index (χ1) is 8.84. The minimum absolute atomic E-state index is 0.146. The summed E-state index contributed by atoms with van der Waals surface area (Å²) < 4.78 is 0. The topological polar surface area (TPSA) is 28.2 Å². The number of fused-ring (bicyclic) bond motifs is 1. The minimum atomic E-state index is 0.146. The number of nitrogens with zero attached hydrogens (tertiary/aromatic N) is 2. The molecule has 0 amide bonds. The van der Waals surface area contributed by atoms with Crippen LogP contribution in [0.4, 0.5) is 11.5 Å². The molecule has 0 saturated heterocycles. The number of anilines is 2. The lowest BCUT2D eigenvalue weighted by Crippen LogP contribution is -2.14. The Morgan fingerprint density at radius 1 is 1.11 bits per heavy atom. The molecule has 3 nitrogen and oxygen atoms in total. The van der Waals surface area contributed by atoms with Gasteiger partial charge in [0, 0.05) is 31.9 Å². The third-order valence-corrected chi connectivity index (χ3v) is 3.43. The number of hydrogen-bond donors (Lipinski definition) is 1. The smallest absolute Gasteiger partial charge is 0.136 e. The second-order valence-electron chi connectivity index (χ2n) is 6.15. The monoisotopic (exact) mass is 257 g/mol. The van der Waals surface area contributed by atoms with Crippen LogP contribution in [0.1, 0.15) is 26.3 Å². The Morgan fingerprint density at radius 3 is 2.32 bits per heavy atom. The lowest BCUT2D eigenvalue weighted by atomic mass is 9.86. The van der Waals surface area contributed by atoms with Crippen molar-refractivity contribution in [1.29, 1.82) is 0 Å². The SMILES string of the molecule is CNc1cnc(N(C)C)c2cc(C(C)(C)C)ccc12. The molecule has 1 aromatic carbocycles. The van der Waals surface area contributed by atoms with Crippen molar-refractivity contribution in [1.82, 2.24) is 4.98 Å². The molecule has 0 bridgehead atoms. The Kier molecular flexibility index (Phi) is 3.40. The fraction of sp³-hybridized carbons (Fsp3) is 0.438. The van der Waals surface area contributed by atoms with Crippen LogP contribution in [0.15, 0.2) is 24.4 Å². The molecule has 102 valence electrons. The molecule has 0 fully saturated rings. The first-order valence-corrected chi connectivity index (χ1v) is 6.63. The zero-order valence-electron chi connectivity index (χ0n) is 12.7. The van der Waals surface area contributed by atoms with Crippen LogP contribution in [-0.2, 0) is 5.41 Å². The molecule has 1 heterocycles. The predicted molar refractivity (Wildman–Crippen MR) is 84.3 cm³/mol. The standard InChI is InChI=1S/C16H23N3/c1-16(2,3)11-7-8-12-13(9-11)15(19(5)6)18-10-14(12)17-4/h7-10,17H,1-6H3. The second-order valence-corrected chi connectivity index (χ2v) is 6.15. The van der Waals surface area contributed by atoms with Crippen molar-refractivity contribution < 1.29 is 0 Å². The fourth-order valence-electron chi connectivity index (χ4n) is 2.25. The first-order valence-electron chi connectivity index (χ1n) is 6.63. The van der Waals surface area contributed by atoms with Crippen LogP contribution in [0.25, 0.3) is 10.8 Å². The molecule has 0 saturated carbocycles. The summed E-state index contributed by atoms with van der Waals surface area (Å²) in [7, 11) is 6.00. The molecule has 0 aliphatic rings. The van der Waals surface area contributed by atoms with Gasteiger partial charge in [0.2, 0.25) is 0 Å². The van der Waals surface area contributed by atoms with E-state index in [1.807, 2.05) is 27.3 Å². The molecule has 0 atom stereocenters. The Morgan fingerprint density at radius 2 is 1.79 bits per heavy atom. The molecular formula is C16H23N3. The lowest BCUT2D eigenvalue weighted by molar-refractivity contribution is 0.591. The maximum Gasteiger partial charge on any atom is 0.136 e. The number of hydrogen-bond acceptors (Lipinski definition) is 3. The number of aromatic nitrogens is 1. The summed E-state index contributed by atoms with van der Waals surface area (Å²) in [4.78, 5) is 6.63. The Bertz CT molecular complexity index is 595. The molecule has 1 aromatic heterocycles. The highest BCUT2D eigenvalue weighted by molar-refractivity contribution is 6.00. The van der Waals surface area contributed by atoms with Crippen molar-refractivity contribution in [2.24, 2.45) is 0 Å². The van der Waals surface area contributed by atoms with Crippen molar-refractivity contribution in [3.05, 3.63) is 30.0 Å². The van der Waals surface area contributed by atoms with Gasteiger partial charge < -0.3 is 10.2 Å². The molecule has 0 aliphatic carbocycles. The van der Waals surface area contributed by atoms with Crippen LogP contribution in [0, 0.1) is 0 Å². The summed E-state index contributed by atoms with van der Waals surface area (Å²) in [5.74, 6) is 1.01. The van der Waals surface area contributed by atoms with Crippen molar-refractivity contribution >= 4 is 22.3 Å². The fourth-order valence-corrected chi connectivity index (χ4v) is 2.25. The van der Waals surface area contributed by atoms with Gasteiger partial charge in [0.25, 0.3) is 0 Å². The molecule has 2 aromatic rings. The molecule has 0 unspecified atom stereocenters. The van der Waals surface area contributed by atoms with Gasteiger partial charge in [-0.05, 0) is 17.0 Å². The number of benzene rings is 1. The summed E-state index contributed by atoms with van der Waals surface area (Å²) in [6, 6.07) is 6.66. The van der Waals surface area contributed by atoms with Gasteiger partial charge in [-0.15, -0.1) is 0 Å². The van der Waals surface area contributed by atoms with E-state index in [4.69, 9.17) is 0 Å². The summed E-state index contributed by atoms with van der Waals surface area (Å²) in [5, 5.41) is 5.63. The Labute approximate surface area is 115 Å². The van der Waals surface area contributed by atoms with E-state index in [0.717, 1.165) is 11.5 Å². The van der Waals surface area contributed by atoms with Crippen LogP contribution in [0.2, 0.25) is 0 Å². The molecule has 0 spiro atoms. The van der Waals surface area contributed by atoms with E-state index in [9.17, 15) is 0 Å². The predicted octanol–water partition coefficient (Wildman–Crippen LogP) is 3.64. The van der Waals surface area contributed by atoms with Gasteiger partial charge >= 0.3 is 0 Å². The first kappa shape index (κ1) is 13.7. The van der Waals surface area contributed by atoms with E-state index < -0.39 is 0 Å². The molecule has 0 aliphatic heterocycles. The van der Waals surface area contributed by atoms with Gasteiger partial charge in [-0.1, -0.05) is 32.9 Å². The van der Waals surface area contributed by atoms with Crippen LogP contribution in [0.5, 0.6) is 0 Å². The van der Waals surface area contributed by atoms with E-state index in [1.165, 1.54) is 16.3 Å². The summed E-state index contributed by atoms with van der Waals surface area (Å²) >= 11 is 0. The maximum atomic E-state index is 4.56. The van der Waals surface area contributed by atoms with E-state index >= 15 is 0 Å². The molecule has 2 rings (SSSR count). The average Bonchev–Trinajstić information content (AvgIpc) is 2.35. The van der Waals surface area contributed by atoms with Gasteiger partial charge in [0.15, 0.2) is 0 Å². The van der Waals surface area contributed by atoms with Gasteiger partial charge in [-0.3, -0.25) is 0 Å². The normalized spacial score (nSPS) is 11.7. The van der Waals surface area contributed by atoms with Crippen LogP contribution in [0.3, 0.4) is 0 Å². The van der Waals surface area contributed by atoms with Gasteiger partial charge in [0.05, 0.1) is 11.9 Å². The average molecular weight is 257 g/mol. The number of pyridine rings is 1. The summed E-state index contributed by atoms with van der Waals surface area (Å²) in [5.41, 5.74) is 2.55. The van der Waals surface area contributed by atoms with Gasteiger partial charge in [-0.2, -0.15) is 0 Å². The molecule has 0 radical (unpaired) electrons. The molecule has 3 heteroatoms. The molecule has 19 heavy (non-hydrogen) atoms. The Hall–Kier alpha value is -1.77. The lowest BCUT2D eigenvalue weighted by Gasteiger charge is -2.22. The second kappa shape index (κ2) is 4.72. The van der Waals surface area contributed by atoms with E-state index in [0.29, 0.717) is 0 Å².